The highest BCUT2D eigenvalue weighted by Gasteiger charge is 2.32. The number of aromatic nitrogens is 2. The Morgan fingerprint density at radius 3 is 2.72 bits per heavy atom. The molecule has 1 saturated carbocycles. The average molecular weight is 341 g/mol. The summed E-state index contributed by atoms with van der Waals surface area (Å²) in [5.74, 6) is 1.15. The van der Waals surface area contributed by atoms with Gasteiger partial charge in [0.25, 0.3) is 5.91 Å². The molecule has 0 atom stereocenters. The number of hydrogen-bond acceptors (Lipinski definition) is 4. The van der Waals surface area contributed by atoms with Gasteiger partial charge in [-0.15, -0.1) is 0 Å². The van der Waals surface area contributed by atoms with E-state index < -0.39 is 0 Å². The fraction of sp³-hybridized carbons (Fsp3) is 0.550. The number of nitrogens with one attached hydrogen (secondary N) is 1. The van der Waals surface area contributed by atoms with Gasteiger partial charge in [0.1, 0.15) is 0 Å². The van der Waals surface area contributed by atoms with Gasteiger partial charge >= 0.3 is 0 Å². The van der Waals surface area contributed by atoms with Gasteiger partial charge in [0, 0.05) is 30.1 Å². The molecule has 0 saturated heterocycles. The molecule has 1 N–H and O–H groups in total. The van der Waals surface area contributed by atoms with E-state index in [2.05, 4.69) is 36.2 Å². The minimum Gasteiger partial charge on any atom is -0.355 e. The molecule has 5 nitrogen and oxygen atoms in total. The minimum absolute atomic E-state index is 0.155. The van der Waals surface area contributed by atoms with Crippen LogP contribution in [0.5, 0.6) is 0 Å². The lowest BCUT2D eigenvalue weighted by molar-refractivity contribution is 0.0884. The van der Waals surface area contributed by atoms with Crippen molar-refractivity contribution in [1.82, 2.24) is 15.5 Å². The van der Waals surface area contributed by atoms with Crippen LogP contribution in [0.2, 0.25) is 0 Å². The van der Waals surface area contributed by atoms with Crippen LogP contribution in [0.4, 0.5) is 0 Å². The Labute approximate surface area is 149 Å². The maximum absolute atomic E-state index is 12.4. The molecule has 0 radical (unpaired) electrons. The van der Waals surface area contributed by atoms with E-state index in [0.29, 0.717) is 16.9 Å². The molecular weight excluding hydrogens is 314 g/mol. The van der Waals surface area contributed by atoms with Crippen LogP contribution in [0.1, 0.15) is 63.4 Å². The zero-order chi connectivity index (χ0) is 17.9. The molecule has 25 heavy (non-hydrogen) atoms. The first-order valence-electron chi connectivity index (χ1n) is 9.17. The summed E-state index contributed by atoms with van der Waals surface area (Å²) < 4.78 is 5.29. The van der Waals surface area contributed by atoms with Gasteiger partial charge in [-0.25, -0.2) is 0 Å². The second-order valence-corrected chi connectivity index (χ2v) is 7.68. The van der Waals surface area contributed by atoms with E-state index in [1.807, 2.05) is 12.1 Å². The van der Waals surface area contributed by atoms with Gasteiger partial charge in [-0.2, -0.15) is 0 Å². The van der Waals surface area contributed by atoms with Gasteiger partial charge in [0.15, 0.2) is 11.5 Å². The van der Waals surface area contributed by atoms with Crippen LogP contribution in [-0.2, 0) is 0 Å². The molecule has 2 aromatic heterocycles. The lowest BCUT2D eigenvalue weighted by atomic mass is 9.69. The molecule has 0 spiro atoms. The first kappa shape index (κ1) is 17.6. The average Bonchev–Trinajstić information content (AvgIpc) is 3.13. The number of carbonyl (C=O) groups excluding carboxylic acids is 1. The van der Waals surface area contributed by atoms with Crippen molar-refractivity contribution in [2.45, 2.75) is 58.9 Å². The van der Waals surface area contributed by atoms with Gasteiger partial charge in [-0.3, -0.25) is 9.78 Å². The normalized spacial score (nSPS) is 21.1. The fourth-order valence-corrected chi connectivity index (χ4v) is 3.59. The number of carbonyl (C=O) groups is 1. The van der Waals surface area contributed by atoms with Crippen LogP contribution in [0, 0.1) is 11.3 Å². The third-order valence-electron chi connectivity index (χ3n) is 5.77. The van der Waals surface area contributed by atoms with Crippen molar-refractivity contribution < 1.29 is 9.32 Å². The minimum atomic E-state index is -0.155. The molecule has 1 fully saturated rings. The highest BCUT2D eigenvalue weighted by atomic mass is 16.5. The predicted octanol–water partition coefficient (Wildman–Crippen LogP) is 4.46. The highest BCUT2D eigenvalue weighted by Crippen LogP contribution is 2.40. The zero-order valence-electron chi connectivity index (χ0n) is 15.3. The largest absolute Gasteiger partial charge is 0.355 e. The van der Waals surface area contributed by atoms with Crippen LogP contribution in [0.15, 0.2) is 35.1 Å². The summed E-state index contributed by atoms with van der Waals surface area (Å²) in [6, 6.07) is 5.62. The second-order valence-electron chi connectivity index (χ2n) is 7.68. The summed E-state index contributed by atoms with van der Waals surface area (Å²) in [7, 11) is 0. The first-order chi connectivity index (χ1) is 12.0. The smallest absolute Gasteiger partial charge is 0.273 e. The Kier molecular flexibility index (Phi) is 5.21. The monoisotopic (exact) mass is 341 g/mol. The molecule has 5 heteroatoms. The van der Waals surface area contributed by atoms with E-state index in [1.54, 1.807) is 18.5 Å². The van der Waals surface area contributed by atoms with Gasteiger partial charge < -0.3 is 9.84 Å². The van der Waals surface area contributed by atoms with Crippen LogP contribution >= 0.6 is 0 Å². The first-order valence-corrected chi connectivity index (χ1v) is 9.17. The van der Waals surface area contributed by atoms with E-state index in [4.69, 9.17) is 4.52 Å². The third-order valence-corrected chi connectivity index (χ3v) is 5.77. The zero-order valence-corrected chi connectivity index (χ0v) is 15.3. The van der Waals surface area contributed by atoms with Crippen molar-refractivity contribution >= 4 is 5.91 Å². The van der Waals surface area contributed by atoms with Crippen molar-refractivity contribution in [3.05, 3.63) is 36.3 Å². The predicted molar refractivity (Wildman–Crippen MR) is 97.0 cm³/mol. The van der Waals surface area contributed by atoms with Gasteiger partial charge in [-0.05, 0) is 49.1 Å². The van der Waals surface area contributed by atoms with Gasteiger partial charge in [0.2, 0.25) is 0 Å². The molecule has 1 aliphatic rings. The molecule has 0 unspecified atom stereocenters. The van der Waals surface area contributed by atoms with E-state index in [-0.39, 0.29) is 11.9 Å². The van der Waals surface area contributed by atoms with E-state index in [9.17, 15) is 4.79 Å². The molecule has 2 heterocycles. The number of hydrogen-bond donors (Lipinski definition) is 1. The second kappa shape index (κ2) is 7.38. The van der Waals surface area contributed by atoms with E-state index >= 15 is 0 Å². The number of pyridine rings is 1. The quantitative estimate of drug-likeness (QED) is 0.871. The summed E-state index contributed by atoms with van der Waals surface area (Å²) in [5, 5.41) is 7.02. The molecular formula is C20H27N3O2. The van der Waals surface area contributed by atoms with Crippen molar-refractivity contribution in [2.75, 3.05) is 0 Å². The summed E-state index contributed by atoms with van der Waals surface area (Å²) in [6.07, 6.45) is 9.00. The highest BCUT2D eigenvalue weighted by molar-refractivity contribution is 5.93. The molecule has 1 amide bonds. The standard InChI is InChI=1S/C20H27N3O2/c1-4-20(2,3)15-7-9-16(10-8-15)22-19(24)17-12-18(25-23-17)14-6-5-11-21-13-14/h5-6,11-13,15-16H,4,7-10H2,1-3H3,(H,22,24). The number of nitrogens with zero attached hydrogens (tertiary/aromatic N) is 2. The molecule has 0 bridgehead atoms. The Morgan fingerprint density at radius 1 is 1.32 bits per heavy atom. The van der Waals surface area contributed by atoms with E-state index in [1.165, 1.54) is 19.3 Å². The third kappa shape index (κ3) is 4.09. The fourth-order valence-electron chi connectivity index (χ4n) is 3.59. The lowest BCUT2D eigenvalue weighted by Crippen LogP contribution is -2.40. The van der Waals surface area contributed by atoms with Gasteiger partial charge in [-0.1, -0.05) is 32.3 Å². The van der Waals surface area contributed by atoms with Crippen molar-refractivity contribution in [1.29, 1.82) is 0 Å². The van der Waals surface area contributed by atoms with Crippen molar-refractivity contribution in [2.24, 2.45) is 11.3 Å². The molecule has 3 rings (SSSR count). The van der Waals surface area contributed by atoms with Gasteiger partial charge in [0.05, 0.1) is 0 Å². The maximum Gasteiger partial charge on any atom is 0.273 e. The molecule has 0 aliphatic heterocycles. The van der Waals surface area contributed by atoms with Crippen LogP contribution in [0.3, 0.4) is 0 Å². The van der Waals surface area contributed by atoms with Crippen molar-refractivity contribution in [3.63, 3.8) is 0 Å². The number of rotatable bonds is 5. The van der Waals surface area contributed by atoms with Crippen LogP contribution in [0.25, 0.3) is 11.3 Å². The van der Waals surface area contributed by atoms with Crippen LogP contribution in [-0.4, -0.2) is 22.1 Å². The summed E-state index contributed by atoms with van der Waals surface area (Å²) in [5.41, 5.74) is 1.53. The molecule has 0 aromatic carbocycles. The van der Waals surface area contributed by atoms with E-state index in [0.717, 1.165) is 24.3 Å². The lowest BCUT2D eigenvalue weighted by Gasteiger charge is -2.39. The Balaban J connectivity index is 1.56. The number of amides is 1. The topological polar surface area (TPSA) is 68.0 Å². The molecule has 2 aromatic rings. The van der Waals surface area contributed by atoms with Crippen LogP contribution < -0.4 is 5.32 Å². The summed E-state index contributed by atoms with van der Waals surface area (Å²) >= 11 is 0. The summed E-state index contributed by atoms with van der Waals surface area (Å²) in [4.78, 5) is 16.5. The Morgan fingerprint density at radius 2 is 2.08 bits per heavy atom. The maximum atomic E-state index is 12.4. The molecule has 1 aliphatic carbocycles. The summed E-state index contributed by atoms with van der Waals surface area (Å²) in [6.45, 7) is 6.97. The Bertz CT molecular complexity index is 701. The SMILES string of the molecule is CCC(C)(C)C1CCC(NC(=O)c2cc(-c3cccnc3)on2)CC1. The Hall–Kier alpha value is -2.17. The van der Waals surface area contributed by atoms with Crippen molar-refractivity contribution in [3.8, 4) is 11.3 Å². The molecule has 134 valence electrons.